The molecule has 0 spiro atoms. The van der Waals surface area contributed by atoms with Crippen LogP contribution in [0.1, 0.15) is 44.0 Å². The van der Waals surface area contributed by atoms with E-state index in [1.807, 2.05) is 0 Å². The number of nitrogens with one attached hydrogen (secondary N) is 2. The van der Waals surface area contributed by atoms with Crippen molar-refractivity contribution in [2.45, 2.75) is 39.2 Å². The van der Waals surface area contributed by atoms with E-state index in [1.165, 1.54) is 47.1 Å². The molecular formula is C16H19BrN2. The van der Waals surface area contributed by atoms with Crippen LogP contribution >= 0.6 is 15.9 Å². The third kappa shape index (κ3) is 2.32. The van der Waals surface area contributed by atoms with Gasteiger partial charge in [-0.3, -0.25) is 0 Å². The summed E-state index contributed by atoms with van der Waals surface area (Å²) in [4.78, 5) is 3.61. The summed E-state index contributed by atoms with van der Waals surface area (Å²) in [6, 6.07) is 6.92. The van der Waals surface area contributed by atoms with Gasteiger partial charge in [0, 0.05) is 26.8 Å². The number of hydrogen-bond donors (Lipinski definition) is 2. The molecule has 2 nitrogen and oxygen atoms in total. The Morgan fingerprint density at radius 2 is 2.32 bits per heavy atom. The van der Waals surface area contributed by atoms with E-state index in [9.17, 15) is 0 Å². The molecule has 3 heteroatoms. The van der Waals surface area contributed by atoms with E-state index in [0.717, 1.165) is 4.47 Å². The molecule has 0 saturated heterocycles. The van der Waals surface area contributed by atoms with Gasteiger partial charge in [-0.1, -0.05) is 22.0 Å². The van der Waals surface area contributed by atoms with Crippen molar-refractivity contribution < 1.29 is 0 Å². The molecular weight excluding hydrogens is 300 g/mol. The topological polar surface area (TPSA) is 27.8 Å². The number of rotatable bonds is 2. The van der Waals surface area contributed by atoms with E-state index >= 15 is 0 Å². The van der Waals surface area contributed by atoms with Crippen LogP contribution in [0.5, 0.6) is 0 Å². The summed E-state index contributed by atoms with van der Waals surface area (Å²) >= 11 is 3.57. The Bertz CT molecular complexity index is 639. The van der Waals surface area contributed by atoms with Gasteiger partial charge in [-0.15, -0.1) is 0 Å². The first-order valence-corrected chi connectivity index (χ1v) is 7.68. The second kappa shape index (κ2) is 5.04. The van der Waals surface area contributed by atoms with Gasteiger partial charge >= 0.3 is 0 Å². The zero-order valence-electron chi connectivity index (χ0n) is 11.4. The molecule has 0 fully saturated rings. The van der Waals surface area contributed by atoms with E-state index in [1.54, 1.807) is 0 Å². The zero-order chi connectivity index (χ0) is 13.4. The van der Waals surface area contributed by atoms with Gasteiger partial charge < -0.3 is 10.3 Å². The van der Waals surface area contributed by atoms with E-state index in [2.05, 4.69) is 64.4 Å². The molecule has 0 aliphatic heterocycles. The number of halogens is 1. The summed E-state index contributed by atoms with van der Waals surface area (Å²) in [6.45, 7) is 4.21. The van der Waals surface area contributed by atoms with Crippen molar-refractivity contribution in [1.82, 2.24) is 10.3 Å². The molecule has 2 aromatic rings. The highest BCUT2D eigenvalue weighted by molar-refractivity contribution is 9.10. The number of allylic oxidation sites excluding steroid dienone is 2. The van der Waals surface area contributed by atoms with Crippen molar-refractivity contribution >= 4 is 26.8 Å². The number of fused-ring (bicyclic) bond motifs is 3. The third-order valence-electron chi connectivity index (χ3n) is 4.00. The van der Waals surface area contributed by atoms with Crippen LogP contribution in [0.25, 0.3) is 10.9 Å². The molecule has 1 aromatic heterocycles. The molecule has 2 N–H and O–H groups in total. The van der Waals surface area contributed by atoms with Crippen LogP contribution in [-0.4, -0.2) is 4.98 Å². The molecule has 1 heterocycles. The smallest absolute Gasteiger partial charge is 0.0663 e. The molecule has 3 rings (SSSR count). The van der Waals surface area contributed by atoms with Gasteiger partial charge in [-0.2, -0.15) is 0 Å². The monoisotopic (exact) mass is 318 g/mol. The van der Waals surface area contributed by atoms with Crippen molar-refractivity contribution in [3.05, 3.63) is 45.7 Å². The van der Waals surface area contributed by atoms with Gasteiger partial charge in [0.1, 0.15) is 0 Å². The Morgan fingerprint density at radius 1 is 1.47 bits per heavy atom. The third-order valence-corrected chi connectivity index (χ3v) is 4.50. The van der Waals surface area contributed by atoms with Crippen molar-refractivity contribution in [3.63, 3.8) is 0 Å². The lowest BCUT2D eigenvalue weighted by Crippen LogP contribution is -2.23. The van der Waals surface area contributed by atoms with Crippen LogP contribution in [0.4, 0.5) is 0 Å². The lowest BCUT2D eigenvalue weighted by Gasteiger charge is -2.25. The second-order valence-electron chi connectivity index (χ2n) is 5.27. The quantitative estimate of drug-likeness (QED) is 0.816. The highest BCUT2D eigenvalue weighted by Crippen LogP contribution is 2.36. The molecule has 1 unspecified atom stereocenters. The fraction of sp³-hybridized carbons (Fsp3) is 0.375. The molecule has 1 aliphatic carbocycles. The Hall–Kier alpha value is -1.22. The molecule has 19 heavy (non-hydrogen) atoms. The van der Waals surface area contributed by atoms with Crippen molar-refractivity contribution in [1.29, 1.82) is 0 Å². The SMILES string of the molecule is C/C=C(\C)NC1CCCc2c1[nH]c1ccc(Br)cc21. The highest BCUT2D eigenvalue weighted by Gasteiger charge is 2.24. The first kappa shape index (κ1) is 12.8. The number of hydrogen-bond acceptors (Lipinski definition) is 1. The highest BCUT2D eigenvalue weighted by atomic mass is 79.9. The lowest BCUT2D eigenvalue weighted by molar-refractivity contribution is 0.491. The summed E-state index contributed by atoms with van der Waals surface area (Å²) in [5.74, 6) is 0. The van der Waals surface area contributed by atoms with Crippen molar-refractivity contribution in [2.24, 2.45) is 0 Å². The predicted octanol–water partition coefficient (Wildman–Crippen LogP) is 4.82. The summed E-state index contributed by atoms with van der Waals surface area (Å²) in [6.07, 6.45) is 5.76. The van der Waals surface area contributed by atoms with Gasteiger partial charge in [0.05, 0.1) is 6.04 Å². The molecule has 1 aliphatic rings. The fourth-order valence-corrected chi connectivity index (χ4v) is 3.30. The maximum Gasteiger partial charge on any atom is 0.0663 e. The summed E-state index contributed by atoms with van der Waals surface area (Å²) in [7, 11) is 0. The van der Waals surface area contributed by atoms with Crippen LogP contribution < -0.4 is 5.32 Å². The van der Waals surface area contributed by atoms with E-state index in [0.29, 0.717) is 6.04 Å². The normalized spacial score (nSPS) is 19.5. The molecule has 0 saturated carbocycles. The summed E-state index contributed by atoms with van der Waals surface area (Å²) in [5, 5.41) is 4.99. The van der Waals surface area contributed by atoms with Crippen LogP contribution in [0.2, 0.25) is 0 Å². The summed E-state index contributed by atoms with van der Waals surface area (Å²) < 4.78 is 1.15. The molecule has 0 bridgehead atoms. The Labute approximate surface area is 122 Å². The standard InChI is InChI=1S/C16H19BrN2/c1-3-10(2)18-15-6-4-5-12-13-9-11(17)7-8-14(13)19-16(12)15/h3,7-9,15,18-19H,4-6H2,1-2H3/b10-3+. The number of aromatic amines is 1. The van der Waals surface area contributed by atoms with Gasteiger partial charge in [0.2, 0.25) is 0 Å². The Balaban J connectivity index is 2.07. The molecule has 100 valence electrons. The number of aromatic nitrogens is 1. The molecule has 1 aromatic carbocycles. The van der Waals surface area contributed by atoms with Crippen molar-refractivity contribution in [3.8, 4) is 0 Å². The van der Waals surface area contributed by atoms with Crippen molar-refractivity contribution in [2.75, 3.05) is 0 Å². The van der Waals surface area contributed by atoms with E-state index < -0.39 is 0 Å². The van der Waals surface area contributed by atoms with Gasteiger partial charge in [-0.25, -0.2) is 0 Å². The predicted molar refractivity (Wildman–Crippen MR) is 84.2 cm³/mol. The maximum absolute atomic E-state index is 3.62. The minimum Gasteiger partial charge on any atom is -0.381 e. The number of benzene rings is 1. The van der Waals surface area contributed by atoms with E-state index in [4.69, 9.17) is 0 Å². The fourth-order valence-electron chi connectivity index (χ4n) is 2.94. The average Bonchev–Trinajstić information content (AvgIpc) is 2.78. The first-order valence-electron chi connectivity index (χ1n) is 6.88. The maximum atomic E-state index is 3.62. The lowest BCUT2D eigenvalue weighted by atomic mass is 9.91. The Kier molecular flexibility index (Phi) is 3.40. The first-order chi connectivity index (χ1) is 9.19. The Morgan fingerprint density at radius 3 is 3.11 bits per heavy atom. The number of H-pyrrole nitrogens is 1. The van der Waals surface area contributed by atoms with Crippen LogP contribution in [0, 0.1) is 0 Å². The molecule has 0 amide bonds. The zero-order valence-corrected chi connectivity index (χ0v) is 13.0. The largest absolute Gasteiger partial charge is 0.381 e. The summed E-state index contributed by atoms with van der Waals surface area (Å²) in [5.41, 5.74) is 5.36. The van der Waals surface area contributed by atoms with E-state index in [-0.39, 0.29) is 0 Å². The average molecular weight is 319 g/mol. The van der Waals surface area contributed by atoms with Gasteiger partial charge in [-0.05, 0) is 56.9 Å². The minimum atomic E-state index is 0.422. The second-order valence-corrected chi connectivity index (χ2v) is 6.18. The molecule has 1 atom stereocenters. The van der Waals surface area contributed by atoms with Crippen LogP contribution in [0.15, 0.2) is 34.4 Å². The van der Waals surface area contributed by atoms with Gasteiger partial charge in [0.25, 0.3) is 0 Å². The minimum absolute atomic E-state index is 0.422. The van der Waals surface area contributed by atoms with Crippen LogP contribution in [0.3, 0.4) is 0 Å². The van der Waals surface area contributed by atoms with Gasteiger partial charge in [0.15, 0.2) is 0 Å². The van der Waals surface area contributed by atoms with Crippen LogP contribution in [-0.2, 0) is 6.42 Å². The molecule has 0 radical (unpaired) electrons. The number of aryl methyl sites for hydroxylation is 1.